The summed E-state index contributed by atoms with van der Waals surface area (Å²) in [4.78, 5) is 11.2. The minimum atomic E-state index is -1.30. The Morgan fingerprint density at radius 3 is 2.31 bits per heavy atom. The molecule has 0 bridgehead atoms. The Morgan fingerprint density at radius 2 is 1.88 bits per heavy atom. The molecule has 2 atom stereocenters. The number of aliphatic hydroxyl groups is 1. The fourth-order valence-electron chi connectivity index (χ4n) is 1.30. The van der Waals surface area contributed by atoms with Crippen LogP contribution in [-0.2, 0) is 9.53 Å². The number of esters is 1. The van der Waals surface area contributed by atoms with Crippen molar-refractivity contribution in [2.45, 2.75) is 26.1 Å². The lowest BCUT2D eigenvalue weighted by molar-refractivity contribution is -0.153. The monoisotopic (exact) mass is 226 g/mol. The molecule has 0 spiro atoms. The molecule has 88 valence electrons. The van der Waals surface area contributed by atoms with Gasteiger partial charge >= 0.3 is 5.97 Å². The SMILES string of the molecule is CCOC(=O)C(O)c1ccc(C(C)F)cc1. The normalized spacial score (nSPS) is 14.2. The van der Waals surface area contributed by atoms with Crippen molar-refractivity contribution in [1.29, 1.82) is 0 Å². The van der Waals surface area contributed by atoms with Crippen molar-refractivity contribution in [3.05, 3.63) is 35.4 Å². The number of carbonyl (C=O) groups excluding carboxylic acids is 1. The molecule has 0 heterocycles. The first-order valence-electron chi connectivity index (χ1n) is 5.15. The van der Waals surface area contributed by atoms with Gasteiger partial charge < -0.3 is 9.84 Å². The van der Waals surface area contributed by atoms with E-state index in [9.17, 15) is 14.3 Å². The second kappa shape index (κ2) is 5.61. The number of rotatable bonds is 4. The van der Waals surface area contributed by atoms with E-state index in [4.69, 9.17) is 0 Å². The predicted octanol–water partition coefficient (Wildman–Crippen LogP) is 2.31. The summed E-state index contributed by atoms with van der Waals surface area (Å²) in [5, 5.41) is 9.58. The molecule has 0 radical (unpaired) electrons. The van der Waals surface area contributed by atoms with Crippen LogP contribution >= 0.6 is 0 Å². The maximum atomic E-state index is 12.9. The van der Waals surface area contributed by atoms with Crippen LogP contribution in [0.1, 0.15) is 37.3 Å². The molecule has 3 nitrogen and oxygen atoms in total. The Morgan fingerprint density at radius 1 is 1.38 bits per heavy atom. The van der Waals surface area contributed by atoms with Gasteiger partial charge in [-0.1, -0.05) is 24.3 Å². The third-order valence-electron chi connectivity index (χ3n) is 2.22. The Labute approximate surface area is 93.9 Å². The van der Waals surface area contributed by atoms with Crippen LogP contribution in [0.15, 0.2) is 24.3 Å². The van der Waals surface area contributed by atoms with Crippen molar-refractivity contribution in [1.82, 2.24) is 0 Å². The van der Waals surface area contributed by atoms with Gasteiger partial charge in [-0.15, -0.1) is 0 Å². The molecule has 0 amide bonds. The molecule has 1 aromatic carbocycles. The molecule has 0 saturated heterocycles. The van der Waals surface area contributed by atoms with E-state index in [1.165, 1.54) is 19.1 Å². The van der Waals surface area contributed by atoms with E-state index < -0.39 is 18.2 Å². The van der Waals surface area contributed by atoms with Gasteiger partial charge in [0.1, 0.15) is 6.17 Å². The van der Waals surface area contributed by atoms with Gasteiger partial charge in [0.2, 0.25) is 0 Å². The van der Waals surface area contributed by atoms with Gasteiger partial charge in [-0.25, -0.2) is 9.18 Å². The van der Waals surface area contributed by atoms with E-state index >= 15 is 0 Å². The lowest BCUT2D eigenvalue weighted by Gasteiger charge is -2.10. The number of ether oxygens (including phenoxy) is 1. The van der Waals surface area contributed by atoms with Crippen LogP contribution in [0.3, 0.4) is 0 Å². The first kappa shape index (κ1) is 12.6. The number of benzene rings is 1. The van der Waals surface area contributed by atoms with Crippen LogP contribution in [0, 0.1) is 0 Å². The summed E-state index contributed by atoms with van der Waals surface area (Å²) < 4.78 is 17.6. The maximum absolute atomic E-state index is 12.9. The van der Waals surface area contributed by atoms with E-state index in [1.807, 2.05) is 0 Å². The van der Waals surface area contributed by atoms with Crippen LogP contribution < -0.4 is 0 Å². The molecule has 16 heavy (non-hydrogen) atoms. The molecule has 0 aliphatic carbocycles. The summed E-state index contributed by atoms with van der Waals surface area (Å²) in [6, 6.07) is 6.13. The van der Waals surface area contributed by atoms with Crippen molar-refractivity contribution in [3.8, 4) is 0 Å². The molecule has 1 N–H and O–H groups in total. The molecule has 2 unspecified atom stereocenters. The molecule has 0 saturated carbocycles. The minimum Gasteiger partial charge on any atom is -0.464 e. The number of carbonyl (C=O) groups is 1. The van der Waals surface area contributed by atoms with Crippen LogP contribution in [0.25, 0.3) is 0 Å². The number of halogens is 1. The molecule has 0 fully saturated rings. The highest BCUT2D eigenvalue weighted by Crippen LogP contribution is 2.20. The van der Waals surface area contributed by atoms with Crippen molar-refractivity contribution >= 4 is 5.97 Å². The quantitative estimate of drug-likeness (QED) is 0.801. The average Bonchev–Trinajstić information content (AvgIpc) is 2.28. The number of hydrogen-bond acceptors (Lipinski definition) is 3. The Bertz CT molecular complexity index is 346. The van der Waals surface area contributed by atoms with E-state index in [0.29, 0.717) is 11.1 Å². The van der Waals surface area contributed by atoms with Crippen molar-refractivity contribution in [2.75, 3.05) is 6.61 Å². The topological polar surface area (TPSA) is 46.5 Å². The number of alkyl halides is 1. The standard InChI is InChI=1S/C12H15FO3/c1-3-16-12(15)11(14)10-6-4-9(5-7-10)8(2)13/h4-8,11,14H,3H2,1-2H3. The van der Waals surface area contributed by atoms with Gasteiger partial charge in [-0.05, 0) is 25.0 Å². The molecule has 0 aromatic heterocycles. The number of hydrogen-bond donors (Lipinski definition) is 1. The molecule has 0 aliphatic rings. The van der Waals surface area contributed by atoms with Gasteiger partial charge in [0.25, 0.3) is 0 Å². The third kappa shape index (κ3) is 3.03. The predicted molar refractivity (Wildman–Crippen MR) is 57.6 cm³/mol. The summed E-state index contributed by atoms with van der Waals surface area (Å²) >= 11 is 0. The third-order valence-corrected chi connectivity index (χ3v) is 2.22. The molecule has 4 heteroatoms. The zero-order valence-electron chi connectivity index (χ0n) is 9.31. The van der Waals surface area contributed by atoms with Crippen LogP contribution in [-0.4, -0.2) is 17.7 Å². The summed E-state index contributed by atoms with van der Waals surface area (Å²) in [6.45, 7) is 3.31. The van der Waals surface area contributed by atoms with E-state index in [-0.39, 0.29) is 6.61 Å². The smallest absolute Gasteiger partial charge is 0.339 e. The Hall–Kier alpha value is -1.42. The summed E-state index contributed by atoms with van der Waals surface area (Å²) in [5.41, 5.74) is 0.919. The maximum Gasteiger partial charge on any atom is 0.339 e. The van der Waals surface area contributed by atoms with Gasteiger partial charge in [0.05, 0.1) is 6.61 Å². The first-order chi connectivity index (χ1) is 7.56. The molecular weight excluding hydrogens is 211 g/mol. The summed E-state index contributed by atoms with van der Waals surface area (Å²) in [6.07, 6.45) is -2.36. The average molecular weight is 226 g/mol. The minimum absolute atomic E-state index is 0.218. The van der Waals surface area contributed by atoms with Crippen LogP contribution in [0.2, 0.25) is 0 Å². The zero-order valence-corrected chi connectivity index (χ0v) is 9.31. The Balaban J connectivity index is 2.77. The molecular formula is C12H15FO3. The van der Waals surface area contributed by atoms with Gasteiger partial charge in [0.15, 0.2) is 6.10 Å². The fourth-order valence-corrected chi connectivity index (χ4v) is 1.30. The van der Waals surface area contributed by atoms with Gasteiger partial charge in [-0.2, -0.15) is 0 Å². The van der Waals surface area contributed by atoms with Gasteiger partial charge in [0, 0.05) is 0 Å². The van der Waals surface area contributed by atoms with E-state index in [0.717, 1.165) is 0 Å². The summed E-state index contributed by atoms with van der Waals surface area (Å²) in [7, 11) is 0. The largest absolute Gasteiger partial charge is 0.464 e. The van der Waals surface area contributed by atoms with Gasteiger partial charge in [-0.3, -0.25) is 0 Å². The van der Waals surface area contributed by atoms with Crippen LogP contribution in [0.4, 0.5) is 4.39 Å². The van der Waals surface area contributed by atoms with Crippen molar-refractivity contribution in [3.63, 3.8) is 0 Å². The van der Waals surface area contributed by atoms with Crippen molar-refractivity contribution < 1.29 is 19.0 Å². The van der Waals surface area contributed by atoms with Crippen LogP contribution in [0.5, 0.6) is 0 Å². The van der Waals surface area contributed by atoms with Crippen molar-refractivity contribution in [2.24, 2.45) is 0 Å². The summed E-state index contributed by atoms with van der Waals surface area (Å²) in [5.74, 6) is -0.691. The fraction of sp³-hybridized carbons (Fsp3) is 0.417. The highest BCUT2D eigenvalue weighted by molar-refractivity contribution is 5.76. The molecule has 1 aromatic rings. The number of aliphatic hydroxyl groups excluding tert-OH is 1. The van der Waals surface area contributed by atoms with E-state index in [1.54, 1.807) is 19.1 Å². The highest BCUT2D eigenvalue weighted by atomic mass is 19.1. The van der Waals surface area contributed by atoms with E-state index in [2.05, 4.69) is 4.74 Å². The second-order valence-electron chi connectivity index (χ2n) is 3.44. The lowest BCUT2D eigenvalue weighted by atomic mass is 10.1. The molecule has 0 aliphatic heterocycles. The molecule has 1 rings (SSSR count). The zero-order chi connectivity index (χ0) is 12.1. The Kier molecular flexibility index (Phi) is 4.43. The second-order valence-corrected chi connectivity index (χ2v) is 3.44. The highest BCUT2D eigenvalue weighted by Gasteiger charge is 2.18. The lowest BCUT2D eigenvalue weighted by Crippen LogP contribution is -2.15. The first-order valence-corrected chi connectivity index (χ1v) is 5.15.